The standard InChI is InChI=1S/C7H11NO4/c1-4(9)12-6(5-3-8-5)7(10)11-2/h5-6,8H,3H2,1-2H3/t5?,6-/m1/s1. The largest absolute Gasteiger partial charge is 0.466 e. The van der Waals surface area contributed by atoms with E-state index in [-0.39, 0.29) is 6.04 Å². The summed E-state index contributed by atoms with van der Waals surface area (Å²) in [5.74, 6) is -0.987. The fourth-order valence-electron chi connectivity index (χ4n) is 0.872. The second-order valence-electron chi connectivity index (χ2n) is 2.57. The summed E-state index contributed by atoms with van der Waals surface area (Å²) < 4.78 is 9.21. The second kappa shape index (κ2) is 3.53. The molecule has 1 N–H and O–H groups in total. The van der Waals surface area contributed by atoms with E-state index in [0.29, 0.717) is 6.54 Å². The Bertz CT molecular complexity index is 200. The van der Waals surface area contributed by atoms with E-state index < -0.39 is 18.0 Å². The van der Waals surface area contributed by atoms with Crippen LogP contribution in [0.15, 0.2) is 0 Å². The van der Waals surface area contributed by atoms with Gasteiger partial charge in [0.2, 0.25) is 6.10 Å². The van der Waals surface area contributed by atoms with Crippen molar-refractivity contribution in [3.8, 4) is 0 Å². The van der Waals surface area contributed by atoms with Crippen LogP contribution in [-0.2, 0) is 19.1 Å². The molecular weight excluding hydrogens is 162 g/mol. The molecule has 2 atom stereocenters. The Hall–Kier alpha value is -1.10. The maximum atomic E-state index is 11.0. The lowest BCUT2D eigenvalue weighted by molar-refractivity contribution is -0.164. The number of rotatable bonds is 3. The number of hydrogen-bond acceptors (Lipinski definition) is 5. The van der Waals surface area contributed by atoms with Gasteiger partial charge in [0, 0.05) is 13.5 Å². The summed E-state index contributed by atoms with van der Waals surface area (Å²) in [5.41, 5.74) is 0. The van der Waals surface area contributed by atoms with Gasteiger partial charge in [0.25, 0.3) is 0 Å². The molecule has 0 spiro atoms. The molecule has 1 heterocycles. The van der Waals surface area contributed by atoms with Crippen LogP contribution in [0.1, 0.15) is 6.92 Å². The number of esters is 2. The van der Waals surface area contributed by atoms with E-state index in [1.807, 2.05) is 0 Å². The number of hydrogen-bond donors (Lipinski definition) is 1. The van der Waals surface area contributed by atoms with Crippen molar-refractivity contribution in [1.29, 1.82) is 0 Å². The predicted octanol–water partition coefficient (Wildman–Crippen LogP) is -0.937. The molecule has 12 heavy (non-hydrogen) atoms. The summed E-state index contributed by atoms with van der Waals surface area (Å²) in [6.45, 7) is 1.95. The average Bonchev–Trinajstić information content (AvgIpc) is 2.81. The van der Waals surface area contributed by atoms with Gasteiger partial charge in [-0.05, 0) is 0 Å². The Morgan fingerprint density at radius 1 is 1.58 bits per heavy atom. The number of carbonyl (C=O) groups excluding carboxylic acids is 2. The van der Waals surface area contributed by atoms with Crippen LogP contribution in [-0.4, -0.2) is 37.7 Å². The minimum absolute atomic E-state index is 0.0682. The van der Waals surface area contributed by atoms with Crippen molar-refractivity contribution in [2.45, 2.75) is 19.1 Å². The van der Waals surface area contributed by atoms with Gasteiger partial charge in [-0.3, -0.25) is 4.79 Å². The number of carbonyl (C=O) groups is 2. The zero-order chi connectivity index (χ0) is 9.14. The Morgan fingerprint density at radius 2 is 2.17 bits per heavy atom. The van der Waals surface area contributed by atoms with Gasteiger partial charge in [-0.15, -0.1) is 0 Å². The minimum atomic E-state index is -0.785. The van der Waals surface area contributed by atoms with Crippen LogP contribution in [0.4, 0.5) is 0 Å². The van der Waals surface area contributed by atoms with E-state index >= 15 is 0 Å². The van der Waals surface area contributed by atoms with Crippen molar-refractivity contribution in [3.05, 3.63) is 0 Å². The predicted molar refractivity (Wildman–Crippen MR) is 39.4 cm³/mol. The summed E-state index contributed by atoms with van der Waals surface area (Å²) in [4.78, 5) is 21.5. The van der Waals surface area contributed by atoms with Crippen molar-refractivity contribution in [3.63, 3.8) is 0 Å². The first-order chi connectivity index (χ1) is 5.65. The monoisotopic (exact) mass is 173 g/mol. The molecule has 1 fully saturated rings. The lowest BCUT2D eigenvalue weighted by atomic mass is 10.3. The molecule has 1 rings (SSSR count). The van der Waals surface area contributed by atoms with Gasteiger partial charge in [-0.2, -0.15) is 0 Å². The van der Waals surface area contributed by atoms with E-state index in [1.165, 1.54) is 14.0 Å². The summed E-state index contributed by atoms with van der Waals surface area (Å²) in [6.07, 6.45) is -0.785. The van der Waals surface area contributed by atoms with E-state index in [1.54, 1.807) is 0 Å². The average molecular weight is 173 g/mol. The van der Waals surface area contributed by atoms with Crippen molar-refractivity contribution in [2.75, 3.05) is 13.7 Å². The number of nitrogens with one attached hydrogen (secondary N) is 1. The SMILES string of the molecule is COC(=O)[C@H](OC(C)=O)C1CN1. The normalized spacial score (nSPS) is 22.7. The van der Waals surface area contributed by atoms with E-state index in [2.05, 4.69) is 10.1 Å². The van der Waals surface area contributed by atoms with Gasteiger partial charge in [-0.25, -0.2) is 4.79 Å². The third-order valence-electron chi connectivity index (χ3n) is 1.53. The maximum Gasteiger partial charge on any atom is 0.348 e. The number of ether oxygens (including phenoxy) is 2. The molecule has 0 bridgehead atoms. The molecule has 0 amide bonds. The van der Waals surface area contributed by atoms with Gasteiger partial charge < -0.3 is 14.8 Å². The fraction of sp³-hybridized carbons (Fsp3) is 0.714. The molecule has 0 aliphatic carbocycles. The van der Waals surface area contributed by atoms with E-state index in [0.717, 1.165) is 0 Å². The third-order valence-corrected chi connectivity index (χ3v) is 1.53. The quantitative estimate of drug-likeness (QED) is 0.440. The van der Waals surface area contributed by atoms with Gasteiger partial charge in [0.15, 0.2) is 0 Å². The molecule has 1 saturated heterocycles. The molecule has 0 aromatic heterocycles. The fourth-order valence-corrected chi connectivity index (χ4v) is 0.872. The van der Waals surface area contributed by atoms with E-state index in [4.69, 9.17) is 4.74 Å². The highest BCUT2D eigenvalue weighted by Gasteiger charge is 2.39. The zero-order valence-electron chi connectivity index (χ0n) is 6.99. The van der Waals surface area contributed by atoms with Crippen LogP contribution in [0.25, 0.3) is 0 Å². The molecule has 0 aromatic rings. The Morgan fingerprint density at radius 3 is 2.50 bits per heavy atom. The van der Waals surface area contributed by atoms with Crippen LogP contribution >= 0.6 is 0 Å². The molecule has 0 saturated carbocycles. The molecule has 1 aliphatic heterocycles. The van der Waals surface area contributed by atoms with Gasteiger partial charge in [0.05, 0.1) is 13.2 Å². The first-order valence-corrected chi connectivity index (χ1v) is 3.63. The summed E-state index contributed by atoms with van der Waals surface area (Å²) >= 11 is 0. The molecule has 0 aromatic carbocycles. The molecule has 0 radical (unpaired) electrons. The Labute approximate surface area is 70.0 Å². The second-order valence-corrected chi connectivity index (χ2v) is 2.57. The topological polar surface area (TPSA) is 74.5 Å². The zero-order valence-corrected chi connectivity index (χ0v) is 6.99. The van der Waals surface area contributed by atoms with Crippen molar-refractivity contribution in [2.24, 2.45) is 0 Å². The van der Waals surface area contributed by atoms with Crippen molar-refractivity contribution in [1.82, 2.24) is 5.32 Å². The van der Waals surface area contributed by atoms with Crippen LogP contribution < -0.4 is 5.32 Å². The minimum Gasteiger partial charge on any atom is -0.466 e. The summed E-state index contributed by atoms with van der Waals surface area (Å²) in [5, 5.41) is 2.88. The number of methoxy groups -OCH3 is 1. The molecule has 5 heteroatoms. The third kappa shape index (κ3) is 2.20. The lowest BCUT2D eigenvalue weighted by Gasteiger charge is -2.12. The molecular formula is C7H11NO4. The van der Waals surface area contributed by atoms with Crippen molar-refractivity contribution >= 4 is 11.9 Å². The van der Waals surface area contributed by atoms with Gasteiger partial charge >= 0.3 is 11.9 Å². The maximum absolute atomic E-state index is 11.0. The van der Waals surface area contributed by atoms with Crippen LogP contribution in [0, 0.1) is 0 Å². The van der Waals surface area contributed by atoms with Crippen molar-refractivity contribution < 1.29 is 19.1 Å². The van der Waals surface area contributed by atoms with E-state index in [9.17, 15) is 9.59 Å². The molecule has 68 valence electrons. The smallest absolute Gasteiger partial charge is 0.348 e. The molecule has 1 unspecified atom stereocenters. The van der Waals surface area contributed by atoms with Crippen LogP contribution in [0.2, 0.25) is 0 Å². The Kier molecular flexibility index (Phi) is 2.65. The first kappa shape index (κ1) is 8.99. The van der Waals surface area contributed by atoms with Crippen LogP contribution in [0.5, 0.6) is 0 Å². The van der Waals surface area contributed by atoms with Gasteiger partial charge in [-0.1, -0.05) is 0 Å². The van der Waals surface area contributed by atoms with Gasteiger partial charge in [0.1, 0.15) is 0 Å². The highest BCUT2D eigenvalue weighted by atomic mass is 16.6. The highest BCUT2D eigenvalue weighted by Crippen LogP contribution is 2.10. The summed E-state index contributed by atoms with van der Waals surface area (Å²) in [6, 6.07) is -0.0682. The molecule has 5 nitrogen and oxygen atoms in total. The first-order valence-electron chi connectivity index (χ1n) is 3.63. The molecule has 1 aliphatic rings. The lowest BCUT2D eigenvalue weighted by Crippen LogP contribution is -2.33. The highest BCUT2D eigenvalue weighted by molar-refractivity contribution is 5.79. The summed E-state index contributed by atoms with van der Waals surface area (Å²) in [7, 11) is 1.27. The van der Waals surface area contributed by atoms with Crippen LogP contribution in [0.3, 0.4) is 0 Å². The Balaban J connectivity index is 2.48.